The van der Waals surface area contributed by atoms with Gasteiger partial charge in [0.15, 0.2) is 18.1 Å². The normalized spacial score (nSPS) is 11.8. The lowest BCUT2D eigenvalue weighted by Crippen LogP contribution is -2.29. The number of fused-ring (bicyclic) bond motifs is 1. The molecule has 0 saturated heterocycles. The van der Waals surface area contributed by atoms with Gasteiger partial charge in [-0.25, -0.2) is 4.98 Å². The van der Waals surface area contributed by atoms with Crippen molar-refractivity contribution in [3.63, 3.8) is 0 Å². The summed E-state index contributed by atoms with van der Waals surface area (Å²) in [5.74, 6) is 0.708. The number of rotatable bonds is 7. The van der Waals surface area contributed by atoms with Crippen LogP contribution in [-0.2, 0) is 10.2 Å². The predicted octanol–water partition coefficient (Wildman–Crippen LogP) is 4.36. The number of carbonyl (C=O) groups excluding carboxylic acids is 1. The molecule has 0 spiro atoms. The minimum Gasteiger partial charge on any atom is -0.490 e. The molecule has 1 aromatic heterocycles. The first-order chi connectivity index (χ1) is 15.5. The van der Waals surface area contributed by atoms with Crippen LogP contribution in [0.5, 0.6) is 11.5 Å². The van der Waals surface area contributed by atoms with Crippen LogP contribution >= 0.6 is 31.9 Å². The van der Waals surface area contributed by atoms with Crippen LogP contribution in [0.15, 0.2) is 49.2 Å². The quantitative estimate of drug-likeness (QED) is 0.418. The van der Waals surface area contributed by atoms with Gasteiger partial charge in [-0.2, -0.15) is 9.78 Å². The highest BCUT2D eigenvalue weighted by atomic mass is 79.9. The number of nitrogens with zero attached hydrogens (tertiary/aromatic N) is 3. The third kappa shape index (κ3) is 5.80. The molecule has 0 atom stereocenters. The zero-order chi connectivity index (χ0) is 24.3. The number of ether oxygens (including phenoxy) is 2. The van der Waals surface area contributed by atoms with Crippen molar-refractivity contribution >= 4 is 54.9 Å². The van der Waals surface area contributed by atoms with E-state index in [1.165, 1.54) is 4.68 Å². The summed E-state index contributed by atoms with van der Waals surface area (Å²) in [5, 5.41) is 4.94. The molecule has 2 N–H and O–H groups in total. The third-order valence-electron chi connectivity index (χ3n) is 4.49. The molecule has 0 bridgehead atoms. The lowest BCUT2D eigenvalue weighted by molar-refractivity contribution is -0.119. The van der Waals surface area contributed by atoms with E-state index in [-0.39, 0.29) is 12.2 Å². The number of nitrogens with two attached hydrogens (primary N) is 1. The smallest absolute Gasteiger partial charge is 0.282 e. The number of hydrogen-bond donors (Lipinski definition) is 1. The van der Waals surface area contributed by atoms with E-state index in [4.69, 9.17) is 20.2 Å². The molecular formula is C23H24Br2N4O4. The summed E-state index contributed by atoms with van der Waals surface area (Å²) in [5.41, 5.74) is 5.75. The molecule has 0 fully saturated rings. The maximum absolute atomic E-state index is 13.3. The molecule has 2 aromatic carbocycles. The second kappa shape index (κ2) is 10.0. The van der Waals surface area contributed by atoms with Crippen molar-refractivity contribution in [1.29, 1.82) is 0 Å². The molecule has 0 aliphatic heterocycles. The van der Waals surface area contributed by atoms with Crippen LogP contribution in [0.2, 0.25) is 0 Å². The first kappa shape index (κ1) is 24.9. The molecule has 0 aliphatic carbocycles. The molecule has 8 nitrogen and oxygen atoms in total. The van der Waals surface area contributed by atoms with E-state index in [0.717, 1.165) is 4.47 Å². The molecule has 0 aliphatic rings. The lowest BCUT2D eigenvalue weighted by Gasteiger charge is -2.21. The highest BCUT2D eigenvalue weighted by Gasteiger charge is 2.23. The van der Waals surface area contributed by atoms with E-state index in [0.29, 0.717) is 44.9 Å². The van der Waals surface area contributed by atoms with E-state index in [1.54, 1.807) is 30.5 Å². The maximum atomic E-state index is 13.3. The number of aromatic nitrogens is 2. The Labute approximate surface area is 208 Å². The topological polar surface area (TPSA) is 109 Å². The second-order valence-corrected chi connectivity index (χ2v) is 10.00. The van der Waals surface area contributed by atoms with Crippen molar-refractivity contribution in [2.45, 2.75) is 33.1 Å². The standard InChI is InChI=1S/C23H24Br2N4O4/c1-5-32-18-9-13(8-16(25)20(18)33-12-19(26)30)11-27-29-21(31)15-10-14(24)6-7-17(15)28-22(29)23(2,3)4/h6-11H,5,12H2,1-4H3,(H2,26,30). The first-order valence-corrected chi connectivity index (χ1v) is 11.7. The van der Waals surface area contributed by atoms with Gasteiger partial charge in [-0.15, -0.1) is 0 Å². The maximum Gasteiger partial charge on any atom is 0.282 e. The molecule has 0 radical (unpaired) electrons. The second-order valence-electron chi connectivity index (χ2n) is 8.23. The van der Waals surface area contributed by atoms with Gasteiger partial charge in [0.05, 0.1) is 28.2 Å². The highest BCUT2D eigenvalue weighted by Crippen LogP contribution is 2.36. The molecule has 1 heterocycles. The van der Waals surface area contributed by atoms with Gasteiger partial charge >= 0.3 is 0 Å². The molecular weight excluding hydrogens is 556 g/mol. The van der Waals surface area contributed by atoms with Gasteiger partial charge < -0.3 is 15.2 Å². The predicted molar refractivity (Wildman–Crippen MR) is 135 cm³/mol. The van der Waals surface area contributed by atoms with Crippen LogP contribution in [0.4, 0.5) is 0 Å². The Bertz CT molecular complexity index is 1300. The van der Waals surface area contributed by atoms with Gasteiger partial charge in [-0.1, -0.05) is 36.7 Å². The van der Waals surface area contributed by atoms with Gasteiger partial charge in [0.1, 0.15) is 5.82 Å². The summed E-state index contributed by atoms with van der Waals surface area (Å²) in [6.45, 7) is 7.85. The Kier molecular flexibility index (Phi) is 7.58. The monoisotopic (exact) mass is 578 g/mol. The number of halogens is 2. The summed E-state index contributed by atoms with van der Waals surface area (Å²) < 4.78 is 13.8. The van der Waals surface area contributed by atoms with E-state index in [9.17, 15) is 9.59 Å². The number of hydrogen-bond acceptors (Lipinski definition) is 6. The van der Waals surface area contributed by atoms with Crippen molar-refractivity contribution in [3.8, 4) is 11.5 Å². The van der Waals surface area contributed by atoms with Crippen molar-refractivity contribution in [3.05, 3.63) is 61.0 Å². The third-order valence-corrected chi connectivity index (χ3v) is 5.57. The van der Waals surface area contributed by atoms with Crippen LogP contribution in [0.3, 0.4) is 0 Å². The summed E-state index contributed by atoms with van der Waals surface area (Å²) in [4.78, 5) is 29.1. The van der Waals surface area contributed by atoms with Gasteiger partial charge in [0.2, 0.25) is 0 Å². The highest BCUT2D eigenvalue weighted by molar-refractivity contribution is 9.10. The van der Waals surface area contributed by atoms with Crippen molar-refractivity contribution < 1.29 is 14.3 Å². The first-order valence-electron chi connectivity index (χ1n) is 10.2. The van der Waals surface area contributed by atoms with Crippen LogP contribution in [0.1, 0.15) is 39.1 Å². The van der Waals surface area contributed by atoms with Gasteiger partial charge in [-0.05, 0) is 58.7 Å². The van der Waals surface area contributed by atoms with Crippen LogP contribution < -0.4 is 20.8 Å². The van der Waals surface area contributed by atoms with Gasteiger partial charge in [0, 0.05) is 9.89 Å². The molecule has 3 aromatic rings. The molecule has 174 valence electrons. The zero-order valence-electron chi connectivity index (χ0n) is 18.7. The summed E-state index contributed by atoms with van der Waals surface area (Å²) in [7, 11) is 0. The molecule has 10 heteroatoms. The number of benzene rings is 2. The number of amides is 1. The Hall–Kier alpha value is -2.72. The van der Waals surface area contributed by atoms with Crippen molar-refractivity contribution in [1.82, 2.24) is 9.66 Å². The van der Waals surface area contributed by atoms with E-state index < -0.39 is 11.3 Å². The fraction of sp³-hybridized carbons (Fsp3) is 0.304. The van der Waals surface area contributed by atoms with Gasteiger partial charge in [-0.3, -0.25) is 9.59 Å². The lowest BCUT2D eigenvalue weighted by atomic mass is 9.95. The average molecular weight is 580 g/mol. The van der Waals surface area contributed by atoms with Crippen molar-refractivity contribution in [2.75, 3.05) is 13.2 Å². The van der Waals surface area contributed by atoms with Crippen LogP contribution in [-0.4, -0.2) is 35.0 Å². The van der Waals surface area contributed by atoms with E-state index in [2.05, 4.69) is 37.0 Å². The molecule has 1 amide bonds. The Morgan fingerprint density at radius 3 is 2.58 bits per heavy atom. The Balaban J connectivity index is 2.12. The van der Waals surface area contributed by atoms with E-state index in [1.807, 2.05) is 33.8 Å². The Morgan fingerprint density at radius 2 is 1.94 bits per heavy atom. The minimum absolute atomic E-state index is 0.270. The number of carbonyl (C=O) groups is 1. The van der Waals surface area contributed by atoms with E-state index >= 15 is 0 Å². The molecule has 0 saturated carbocycles. The largest absolute Gasteiger partial charge is 0.490 e. The van der Waals surface area contributed by atoms with Gasteiger partial charge in [0.25, 0.3) is 11.5 Å². The fourth-order valence-electron chi connectivity index (χ4n) is 3.07. The zero-order valence-corrected chi connectivity index (χ0v) is 21.9. The summed E-state index contributed by atoms with van der Waals surface area (Å²) >= 11 is 6.85. The summed E-state index contributed by atoms with van der Waals surface area (Å²) in [6, 6.07) is 8.85. The summed E-state index contributed by atoms with van der Waals surface area (Å²) in [6.07, 6.45) is 1.55. The Morgan fingerprint density at radius 1 is 1.21 bits per heavy atom. The van der Waals surface area contributed by atoms with Crippen LogP contribution in [0, 0.1) is 0 Å². The van der Waals surface area contributed by atoms with Crippen LogP contribution in [0.25, 0.3) is 10.9 Å². The fourth-order valence-corrected chi connectivity index (χ4v) is 4.01. The minimum atomic E-state index is -0.598. The average Bonchev–Trinajstić information content (AvgIpc) is 2.72. The molecule has 0 unspecified atom stereocenters. The van der Waals surface area contributed by atoms with Crippen molar-refractivity contribution in [2.24, 2.45) is 10.8 Å². The number of primary amides is 1. The molecule has 3 rings (SSSR count). The SMILES string of the molecule is CCOc1cc(C=Nn2c(C(C)(C)C)nc3ccc(Br)cc3c2=O)cc(Br)c1OCC(N)=O. The molecule has 33 heavy (non-hydrogen) atoms.